The van der Waals surface area contributed by atoms with Gasteiger partial charge in [-0.05, 0) is 99.2 Å². The second-order valence-corrected chi connectivity index (χ2v) is 15.8. The molecule has 0 aromatic rings. The predicted octanol–water partition coefficient (Wildman–Crippen LogP) is 3.62. The molecule has 6 rings (SSSR count). The molecule has 6 fully saturated rings. The summed E-state index contributed by atoms with van der Waals surface area (Å²) in [5, 5.41) is 44.9. The highest BCUT2D eigenvalue weighted by molar-refractivity contribution is 5.92. The third kappa shape index (κ3) is 2.69. The molecule has 2 spiro atoms. The van der Waals surface area contributed by atoms with E-state index in [9.17, 15) is 25.2 Å². The summed E-state index contributed by atoms with van der Waals surface area (Å²) in [5.74, 6) is 0.0460. The van der Waals surface area contributed by atoms with E-state index in [4.69, 9.17) is 4.74 Å². The number of Topliss-reactive ketones (excluding diaryl/α,β-unsaturated/α-hetero) is 1. The van der Waals surface area contributed by atoms with Gasteiger partial charge in [0.2, 0.25) is 0 Å². The van der Waals surface area contributed by atoms with Crippen LogP contribution in [-0.2, 0) is 9.53 Å². The number of fused-ring (bicyclic) bond motifs is 2. The van der Waals surface area contributed by atoms with E-state index in [1.54, 1.807) is 13.8 Å². The molecule has 204 valence electrons. The number of hydrogen-bond acceptors (Lipinski definition) is 6. The minimum atomic E-state index is -0.959. The number of carbonyl (C=O) groups is 1. The predicted molar refractivity (Wildman–Crippen MR) is 135 cm³/mol. The monoisotopic (exact) mass is 504 g/mol. The molecule has 0 unspecified atom stereocenters. The Kier molecular flexibility index (Phi) is 4.98. The number of carbonyl (C=O) groups excluding carboxylic acids is 1. The molecule has 0 bridgehead atoms. The first kappa shape index (κ1) is 25.7. The highest BCUT2D eigenvalue weighted by atomic mass is 16.5. The molecule has 0 radical (unpaired) electrons. The lowest BCUT2D eigenvalue weighted by Crippen LogP contribution is -2.64. The molecule has 0 aromatic heterocycles. The quantitative estimate of drug-likeness (QED) is 0.458. The van der Waals surface area contributed by atoms with Crippen LogP contribution in [0.1, 0.15) is 99.8 Å². The van der Waals surface area contributed by atoms with Gasteiger partial charge in [0, 0.05) is 17.8 Å². The van der Waals surface area contributed by atoms with Crippen molar-refractivity contribution in [3.63, 3.8) is 0 Å². The molecule has 1 saturated heterocycles. The molecule has 6 nitrogen and oxygen atoms in total. The highest BCUT2D eigenvalue weighted by Crippen LogP contribution is 2.88. The van der Waals surface area contributed by atoms with Gasteiger partial charge in [-0.25, -0.2) is 0 Å². The van der Waals surface area contributed by atoms with Gasteiger partial charge >= 0.3 is 0 Å². The Hall–Kier alpha value is -0.530. The Morgan fingerprint density at radius 1 is 0.917 bits per heavy atom. The van der Waals surface area contributed by atoms with Crippen LogP contribution in [0.5, 0.6) is 0 Å². The van der Waals surface area contributed by atoms with Crippen LogP contribution >= 0.6 is 0 Å². The molecular formula is C30H48O6. The first-order valence-corrected chi connectivity index (χ1v) is 14.4. The maximum atomic E-state index is 14.4. The number of rotatable bonds is 2. The Labute approximate surface area is 216 Å². The second-order valence-electron chi connectivity index (χ2n) is 15.8. The van der Waals surface area contributed by atoms with E-state index in [-0.39, 0.29) is 34.7 Å². The van der Waals surface area contributed by atoms with Crippen molar-refractivity contribution in [2.24, 2.45) is 44.8 Å². The minimum Gasteiger partial charge on any atom is -0.393 e. The van der Waals surface area contributed by atoms with Crippen molar-refractivity contribution in [2.75, 3.05) is 0 Å². The first-order chi connectivity index (χ1) is 16.4. The summed E-state index contributed by atoms with van der Waals surface area (Å²) in [7, 11) is 0. The molecule has 0 amide bonds. The maximum Gasteiger partial charge on any atom is 0.140 e. The van der Waals surface area contributed by atoms with Crippen molar-refractivity contribution in [1.29, 1.82) is 0 Å². The van der Waals surface area contributed by atoms with Crippen LogP contribution in [0, 0.1) is 44.8 Å². The SMILES string of the molecule is CC(C)(O)[C@@H]1CC[C@](C)([C@H]2[C@@H](O)C[C@@]3(C)[C@@H]4C[C@H](O)[C@H]5C(C)(C)[C@@H](O)CC[C@@]56C[C@@]46C(=O)C[C@]23C)O1. The van der Waals surface area contributed by atoms with Crippen LogP contribution in [0.4, 0.5) is 0 Å². The Morgan fingerprint density at radius 3 is 2.19 bits per heavy atom. The number of ether oxygens (including phenoxy) is 1. The van der Waals surface area contributed by atoms with Gasteiger partial charge in [0.05, 0.1) is 35.6 Å². The smallest absolute Gasteiger partial charge is 0.140 e. The summed E-state index contributed by atoms with van der Waals surface area (Å²) >= 11 is 0. The fourth-order valence-corrected chi connectivity index (χ4v) is 11.9. The Bertz CT molecular complexity index is 986. The lowest BCUT2D eigenvalue weighted by Gasteiger charge is -2.63. The van der Waals surface area contributed by atoms with Crippen LogP contribution in [0.25, 0.3) is 0 Å². The molecule has 6 aliphatic rings. The third-order valence-electron chi connectivity index (χ3n) is 13.5. The van der Waals surface area contributed by atoms with Crippen molar-refractivity contribution >= 4 is 5.78 Å². The van der Waals surface area contributed by atoms with E-state index in [1.807, 2.05) is 0 Å². The molecular weight excluding hydrogens is 456 g/mol. The molecule has 5 aliphatic carbocycles. The summed E-state index contributed by atoms with van der Waals surface area (Å²) in [6.07, 6.45) is 3.48. The zero-order valence-corrected chi connectivity index (χ0v) is 23.3. The summed E-state index contributed by atoms with van der Waals surface area (Å²) in [6, 6.07) is 0. The molecule has 0 aromatic carbocycles. The molecule has 1 heterocycles. The Balaban J connectivity index is 1.41. The molecule has 6 heteroatoms. The van der Waals surface area contributed by atoms with Gasteiger partial charge in [-0.15, -0.1) is 0 Å². The summed E-state index contributed by atoms with van der Waals surface area (Å²) in [6.45, 7) is 14.3. The van der Waals surface area contributed by atoms with E-state index in [0.717, 1.165) is 25.7 Å². The van der Waals surface area contributed by atoms with Crippen molar-refractivity contribution < 1.29 is 30.0 Å². The molecule has 1 aliphatic heterocycles. The van der Waals surface area contributed by atoms with E-state index >= 15 is 0 Å². The van der Waals surface area contributed by atoms with Crippen molar-refractivity contribution in [3.05, 3.63) is 0 Å². The van der Waals surface area contributed by atoms with Crippen LogP contribution in [-0.4, -0.2) is 61.8 Å². The topological polar surface area (TPSA) is 107 Å². The Morgan fingerprint density at radius 2 is 1.58 bits per heavy atom. The first-order valence-electron chi connectivity index (χ1n) is 14.4. The van der Waals surface area contributed by atoms with E-state index < -0.39 is 45.8 Å². The van der Waals surface area contributed by atoms with Gasteiger partial charge < -0.3 is 25.2 Å². The molecule has 5 saturated carbocycles. The normalized spacial score (nSPS) is 59.6. The van der Waals surface area contributed by atoms with Crippen molar-refractivity contribution in [1.82, 2.24) is 0 Å². The van der Waals surface area contributed by atoms with E-state index in [1.165, 1.54) is 0 Å². The van der Waals surface area contributed by atoms with Crippen LogP contribution in [0.15, 0.2) is 0 Å². The maximum absolute atomic E-state index is 14.4. The van der Waals surface area contributed by atoms with Crippen LogP contribution in [0.2, 0.25) is 0 Å². The average Bonchev–Trinajstić information content (AvgIpc) is 3.15. The van der Waals surface area contributed by atoms with Gasteiger partial charge in [0.15, 0.2) is 0 Å². The number of hydrogen-bond donors (Lipinski definition) is 4. The van der Waals surface area contributed by atoms with Crippen LogP contribution < -0.4 is 0 Å². The third-order valence-corrected chi connectivity index (χ3v) is 13.5. The zero-order valence-electron chi connectivity index (χ0n) is 23.3. The lowest BCUT2D eigenvalue weighted by atomic mass is 9.41. The molecule has 4 N–H and O–H groups in total. The highest BCUT2D eigenvalue weighted by Gasteiger charge is 2.87. The van der Waals surface area contributed by atoms with Gasteiger partial charge in [0.1, 0.15) is 5.78 Å². The number of aliphatic hydroxyl groups excluding tert-OH is 3. The number of aliphatic hydroxyl groups is 4. The van der Waals surface area contributed by atoms with Gasteiger partial charge in [-0.1, -0.05) is 27.7 Å². The van der Waals surface area contributed by atoms with E-state index in [0.29, 0.717) is 31.5 Å². The van der Waals surface area contributed by atoms with Gasteiger partial charge in [-0.2, -0.15) is 0 Å². The zero-order chi connectivity index (χ0) is 26.5. The fraction of sp³-hybridized carbons (Fsp3) is 0.967. The number of ketones is 1. The summed E-state index contributed by atoms with van der Waals surface area (Å²) in [4.78, 5) is 14.4. The largest absolute Gasteiger partial charge is 0.393 e. The standard InChI is InChI=1S/C30H48O6/c1-24(2)19(33)8-11-29-15-30(29)18(12-16(31)22(24)29)26(5)13-17(32)23(27(26,6)14-20(30)34)28(7)10-9-21(36-28)25(3,4)35/h16-19,21-23,31-33,35H,8-15H2,1-7H3/t16-,17-,18-,19-,21-,22-,23-,26-,27+,28+,29+,30-/m0/s1. The second kappa shape index (κ2) is 6.96. The van der Waals surface area contributed by atoms with Crippen LogP contribution in [0.3, 0.4) is 0 Å². The van der Waals surface area contributed by atoms with Gasteiger partial charge in [-0.3, -0.25) is 4.79 Å². The van der Waals surface area contributed by atoms with E-state index in [2.05, 4.69) is 34.6 Å². The van der Waals surface area contributed by atoms with Crippen molar-refractivity contribution in [2.45, 2.75) is 135 Å². The van der Waals surface area contributed by atoms with Gasteiger partial charge in [0.25, 0.3) is 0 Å². The molecule has 12 atom stereocenters. The summed E-state index contributed by atoms with van der Waals surface area (Å²) in [5.41, 5.74) is -3.44. The average molecular weight is 505 g/mol. The molecule has 36 heavy (non-hydrogen) atoms. The lowest BCUT2D eigenvalue weighted by molar-refractivity contribution is -0.210. The fourth-order valence-electron chi connectivity index (χ4n) is 11.9. The summed E-state index contributed by atoms with van der Waals surface area (Å²) < 4.78 is 6.58. The van der Waals surface area contributed by atoms with Crippen molar-refractivity contribution in [3.8, 4) is 0 Å². The minimum absolute atomic E-state index is 0.0169.